The molecule has 1 aliphatic heterocycles. The number of carbonyl (C=O) groups excluding carboxylic acids is 2. The monoisotopic (exact) mass is 721 g/mol. The number of nitrogens with one attached hydrogen (secondary N) is 1. The third kappa shape index (κ3) is 19.3. The van der Waals surface area contributed by atoms with Gasteiger partial charge in [-0.05, 0) is 18.4 Å². The molecule has 2 rings (SSSR count). The molecule has 1 fully saturated rings. The predicted octanol–water partition coefficient (Wildman–Crippen LogP) is 8.78. The lowest BCUT2D eigenvalue weighted by molar-refractivity contribution is -0.225. The fourth-order valence-corrected chi connectivity index (χ4v) is 6.70. The molecule has 1 aromatic carbocycles. The molecule has 0 saturated carbocycles. The highest BCUT2D eigenvalue weighted by Gasteiger charge is 2.48. The van der Waals surface area contributed by atoms with Crippen LogP contribution in [0, 0.1) is 0 Å². The summed E-state index contributed by atoms with van der Waals surface area (Å²) < 4.78 is 17.2. The first-order valence-electron chi connectivity index (χ1n) is 20.5. The number of hydrogen-bond acceptors (Lipinski definition) is 8. The van der Waals surface area contributed by atoms with Gasteiger partial charge in [0.25, 0.3) is 0 Å². The van der Waals surface area contributed by atoms with E-state index >= 15 is 0 Å². The zero-order valence-electron chi connectivity index (χ0n) is 32.0. The van der Waals surface area contributed by atoms with Crippen LogP contribution in [0.3, 0.4) is 0 Å². The largest absolute Gasteiger partial charge is 0.449 e. The number of unbranched alkanes of at least 4 members (excludes halogenated alkanes) is 20. The Labute approximate surface area is 309 Å². The van der Waals surface area contributed by atoms with Gasteiger partial charge >= 0.3 is 12.2 Å². The van der Waals surface area contributed by atoms with Crippen molar-refractivity contribution in [3.05, 3.63) is 35.9 Å². The van der Waals surface area contributed by atoms with E-state index in [2.05, 4.69) is 19.2 Å². The summed E-state index contributed by atoms with van der Waals surface area (Å²) in [4.78, 5) is 27.9. The molecule has 10 heteroatoms. The summed E-state index contributed by atoms with van der Waals surface area (Å²) in [5.74, 6) is 0. The maximum atomic E-state index is 13.6. The van der Waals surface area contributed by atoms with Gasteiger partial charge in [-0.1, -0.05) is 173 Å². The molecule has 1 heterocycles. The Morgan fingerprint density at radius 1 is 0.686 bits per heavy atom. The van der Waals surface area contributed by atoms with Crippen LogP contribution in [0.4, 0.5) is 9.59 Å². The highest BCUT2D eigenvalue weighted by Crippen LogP contribution is 2.26. The first-order valence-corrected chi connectivity index (χ1v) is 20.5. The molecule has 4 N–H and O–H groups in total. The number of carbonyl (C=O) groups is 2. The van der Waals surface area contributed by atoms with Crippen LogP contribution < -0.4 is 5.32 Å². The minimum Gasteiger partial charge on any atom is -0.449 e. The Bertz CT molecular complexity index is 999. The minimum absolute atomic E-state index is 0.00619. The van der Waals surface area contributed by atoms with Crippen LogP contribution in [0.15, 0.2) is 30.3 Å². The molecule has 294 valence electrons. The molecule has 0 aromatic heterocycles. The number of benzene rings is 1. The fraction of sp³-hybridized carbons (Fsp3) is 0.805. The lowest BCUT2D eigenvalue weighted by atomic mass is 9.95. The summed E-state index contributed by atoms with van der Waals surface area (Å²) in [6, 6.07) is 7.98. The SMILES string of the molecule is CCCCCCCCCCCCCCOC(=O)N(CCCCCCCCCCCC)[C@@H]1O[C@H](CO)[C@@H](O)[C@H](O)[C@H]1NC(=O)OCc1ccccc1. The van der Waals surface area contributed by atoms with Crippen LogP contribution in [0.5, 0.6) is 0 Å². The first-order chi connectivity index (χ1) is 24.9. The fourth-order valence-electron chi connectivity index (χ4n) is 6.70. The second kappa shape index (κ2) is 29.1. The van der Waals surface area contributed by atoms with Crippen LogP contribution in [0.1, 0.15) is 161 Å². The van der Waals surface area contributed by atoms with Gasteiger partial charge in [-0.25, -0.2) is 9.59 Å². The van der Waals surface area contributed by atoms with Crippen molar-refractivity contribution in [1.29, 1.82) is 0 Å². The topological polar surface area (TPSA) is 138 Å². The lowest BCUT2D eigenvalue weighted by Crippen LogP contribution is -2.69. The van der Waals surface area contributed by atoms with Gasteiger partial charge in [0.05, 0.1) is 13.2 Å². The molecule has 1 aliphatic rings. The van der Waals surface area contributed by atoms with Gasteiger partial charge in [0.1, 0.15) is 31.0 Å². The standard InChI is InChI=1S/C41H72N2O8/c1-3-5-7-9-11-13-15-16-18-20-22-27-31-49-41(48)43(30-26-21-19-17-14-12-10-8-6-4-2)39-36(38(46)37(45)35(32-44)51-39)42-40(47)50-33-34-28-24-23-25-29-34/h23-25,28-29,35-39,44-46H,3-22,26-27,30-33H2,1-2H3,(H,42,47)/t35-,36-,37-,38-,39-/m1/s1. The number of amides is 2. The quantitative estimate of drug-likeness (QED) is 0.0603. The zero-order valence-corrected chi connectivity index (χ0v) is 32.0. The molecule has 0 radical (unpaired) electrons. The van der Waals surface area contributed by atoms with E-state index in [1.165, 1.54) is 101 Å². The van der Waals surface area contributed by atoms with Gasteiger partial charge in [-0.3, -0.25) is 4.90 Å². The van der Waals surface area contributed by atoms with Gasteiger partial charge < -0.3 is 34.8 Å². The van der Waals surface area contributed by atoms with E-state index in [-0.39, 0.29) is 19.8 Å². The highest BCUT2D eigenvalue weighted by molar-refractivity contribution is 5.69. The number of ether oxygens (including phenoxy) is 3. The van der Waals surface area contributed by atoms with E-state index in [0.29, 0.717) is 6.42 Å². The molecule has 1 aromatic rings. The minimum atomic E-state index is -1.52. The molecule has 0 bridgehead atoms. The number of alkyl carbamates (subject to hydrolysis) is 1. The van der Waals surface area contributed by atoms with E-state index in [1.807, 2.05) is 30.3 Å². The second-order valence-corrected chi connectivity index (χ2v) is 14.3. The summed E-state index contributed by atoms with van der Waals surface area (Å²) in [6.45, 7) is 4.43. The number of hydrogen-bond donors (Lipinski definition) is 4. The zero-order chi connectivity index (χ0) is 36.9. The van der Waals surface area contributed by atoms with Crippen molar-refractivity contribution < 1.29 is 39.1 Å². The Morgan fingerprint density at radius 3 is 1.69 bits per heavy atom. The lowest BCUT2D eigenvalue weighted by Gasteiger charge is -2.46. The maximum absolute atomic E-state index is 13.6. The van der Waals surface area contributed by atoms with Crippen molar-refractivity contribution in [2.75, 3.05) is 19.8 Å². The van der Waals surface area contributed by atoms with Crippen molar-refractivity contribution in [2.24, 2.45) is 0 Å². The number of aliphatic hydroxyl groups is 3. The van der Waals surface area contributed by atoms with Crippen LogP contribution in [-0.2, 0) is 20.8 Å². The second-order valence-electron chi connectivity index (χ2n) is 14.3. The van der Waals surface area contributed by atoms with Gasteiger partial charge in [0.15, 0.2) is 6.23 Å². The summed E-state index contributed by atoms with van der Waals surface area (Å²) >= 11 is 0. The molecule has 2 amide bonds. The predicted molar refractivity (Wildman–Crippen MR) is 202 cm³/mol. The van der Waals surface area contributed by atoms with Crippen molar-refractivity contribution in [1.82, 2.24) is 10.2 Å². The summed E-state index contributed by atoms with van der Waals surface area (Å²) in [5, 5.41) is 34.4. The average molecular weight is 721 g/mol. The molecule has 0 spiro atoms. The van der Waals surface area contributed by atoms with Crippen LogP contribution in [0.2, 0.25) is 0 Å². The van der Waals surface area contributed by atoms with Gasteiger partial charge in [0.2, 0.25) is 0 Å². The molecular formula is C41H72N2O8. The van der Waals surface area contributed by atoms with Crippen LogP contribution >= 0.6 is 0 Å². The van der Waals surface area contributed by atoms with E-state index in [4.69, 9.17) is 14.2 Å². The smallest absolute Gasteiger partial charge is 0.411 e. The third-order valence-electron chi connectivity index (χ3n) is 9.92. The summed E-state index contributed by atoms with van der Waals surface area (Å²) in [6.07, 6.45) is 19.0. The van der Waals surface area contributed by atoms with E-state index in [1.54, 1.807) is 0 Å². The normalized spacial score (nSPS) is 20.2. The molecule has 1 saturated heterocycles. The molecule has 0 unspecified atom stereocenters. The van der Waals surface area contributed by atoms with Gasteiger partial charge in [-0.2, -0.15) is 0 Å². The molecule has 0 aliphatic carbocycles. The molecule has 51 heavy (non-hydrogen) atoms. The number of nitrogens with zero attached hydrogens (tertiary/aromatic N) is 1. The average Bonchev–Trinajstić information content (AvgIpc) is 3.14. The maximum Gasteiger partial charge on any atom is 0.411 e. The van der Waals surface area contributed by atoms with E-state index in [0.717, 1.165) is 44.1 Å². The first kappa shape index (κ1) is 44.8. The van der Waals surface area contributed by atoms with E-state index < -0.39 is 49.4 Å². The Kier molecular flexibility index (Phi) is 25.5. The molecular weight excluding hydrogens is 648 g/mol. The number of rotatable bonds is 29. The van der Waals surface area contributed by atoms with Crippen LogP contribution in [-0.4, -0.2) is 82.7 Å². The summed E-state index contributed by atoms with van der Waals surface area (Å²) in [5.41, 5.74) is 0.786. The highest BCUT2D eigenvalue weighted by atomic mass is 16.6. The van der Waals surface area contributed by atoms with Gasteiger partial charge in [-0.15, -0.1) is 0 Å². The third-order valence-corrected chi connectivity index (χ3v) is 9.92. The Hall–Kier alpha value is -2.40. The molecule has 5 atom stereocenters. The Morgan fingerprint density at radius 2 is 1.18 bits per heavy atom. The van der Waals surface area contributed by atoms with Crippen molar-refractivity contribution in [3.63, 3.8) is 0 Å². The molecule has 10 nitrogen and oxygen atoms in total. The Balaban J connectivity index is 1.95. The van der Waals surface area contributed by atoms with Crippen molar-refractivity contribution in [3.8, 4) is 0 Å². The van der Waals surface area contributed by atoms with Crippen molar-refractivity contribution >= 4 is 12.2 Å². The van der Waals surface area contributed by atoms with Gasteiger partial charge in [0, 0.05) is 6.54 Å². The number of aliphatic hydroxyl groups excluding tert-OH is 3. The van der Waals surface area contributed by atoms with Crippen LogP contribution in [0.25, 0.3) is 0 Å². The summed E-state index contributed by atoms with van der Waals surface area (Å²) in [7, 11) is 0. The van der Waals surface area contributed by atoms with E-state index in [9.17, 15) is 24.9 Å². The van der Waals surface area contributed by atoms with Crippen molar-refractivity contribution in [2.45, 2.75) is 192 Å².